The Morgan fingerprint density at radius 3 is 2.35 bits per heavy atom. The zero-order valence-corrected chi connectivity index (χ0v) is 14.7. The number of anilines is 2. The minimum atomic E-state index is -1.19. The van der Waals surface area contributed by atoms with Gasteiger partial charge in [0.25, 0.3) is 0 Å². The highest BCUT2D eigenvalue weighted by Gasteiger charge is 2.64. The summed E-state index contributed by atoms with van der Waals surface area (Å²) in [5, 5.41) is 49.8. The summed E-state index contributed by atoms with van der Waals surface area (Å²) in [6.45, 7) is 5.86. The van der Waals surface area contributed by atoms with E-state index in [0.717, 1.165) is 18.2 Å². The molecule has 2 aliphatic rings. The lowest BCUT2D eigenvalue weighted by molar-refractivity contribution is -0.0986. The third-order valence-electron chi connectivity index (χ3n) is 5.91. The Morgan fingerprint density at radius 2 is 1.77 bits per heavy atom. The summed E-state index contributed by atoms with van der Waals surface area (Å²) >= 11 is 0. The third kappa shape index (κ3) is 3.24. The Kier molecular flexibility index (Phi) is 4.40. The van der Waals surface area contributed by atoms with Gasteiger partial charge in [0.2, 0.25) is 0 Å². The van der Waals surface area contributed by atoms with Gasteiger partial charge < -0.3 is 25.5 Å². The van der Waals surface area contributed by atoms with Gasteiger partial charge in [-0.25, -0.2) is 4.79 Å². The fourth-order valence-corrected chi connectivity index (χ4v) is 4.10. The molecule has 9 nitrogen and oxygen atoms in total. The van der Waals surface area contributed by atoms with Crippen molar-refractivity contribution in [1.82, 2.24) is 0 Å². The lowest BCUT2D eigenvalue weighted by atomic mass is 9.83. The van der Waals surface area contributed by atoms with E-state index < -0.39 is 28.6 Å². The Hall–Kier alpha value is -1.91. The monoisotopic (exact) mass is 366 g/mol. The highest BCUT2D eigenvalue weighted by molar-refractivity contribution is 5.92. The van der Waals surface area contributed by atoms with Crippen LogP contribution >= 0.6 is 0 Å². The third-order valence-corrected chi connectivity index (χ3v) is 5.91. The predicted octanol–water partition coefficient (Wildman–Crippen LogP) is 2.42. The maximum absolute atomic E-state index is 12.5. The number of fused-ring (bicyclic) bond motifs is 1. The number of benzene rings is 1. The smallest absolute Gasteiger partial charge is 0.338 e. The Balaban J connectivity index is 1.81. The number of rotatable bonds is 4. The first-order chi connectivity index (χ1) is 11.9. The zero-order chi connectivity index (χ0) is 19.4. The summed E-state index contributed by atoms with van der Waals surface area (Å²) in [5.41, 5.74) is -2.12. The van der Waals surface area contributed by atoms with Gasteiger partial charge in [-0.1, -0.05) is 13.8 Å². The van der Waals surface area contributed by atoms with E-state index in [9.17, 15) is 20.3 Å². The first kappa shape index (κ1) is 18.9. The SMILES string of the molecule is CC1(C)C2C[C@@H](OC(=O)c3cc(N([O-])[O-])cc(N(O)O)c3)[C@](C)(O)CC21. The zero-order valence-electron chi connectivity index (χ0n) is 14.7. The summed E-state index contributed by atoms with van der Waals surface area (Å²) in [5.74, 6) is -0.125. The molecule has 3 rings (SSSR count). The van der Waals surface area contributed by atoms with E-state index in [1.807, 2.05) is 0 Å². The molecule has 0 amide bonds. The van der Waals surface area contributed by atoms with Crippen LogP contribution < -0.4 is 10.5 Å². The Labute approximate surface area is 150 Å². The van der Waals surface area contributed by atoms with Crippen LogP contribution in [-0.4, -0.2) is 33.2 Å². The molecule has 1 aromatic rings. The number of carbonyl (C=O) groups excluding carboxylic acids is 1. The number of esters is 1. The summed E-state index contributed by atoms with van der Waals surface area (Å²) in [6, 6.07) is 2.97. The fourth-order valence-electron chi connectivity index (χ4n) is 4.10. The molecule has 4 atom stereocenters. The van der Waals surface area contributed by atoms with Crippen molar-refractivity contribution in [3.05, 3.63) is 34.2 Å². The van der Waals surface area contributed by atoms with E-state index in [0.29, 0.717) is 24.7 Å². The van der Waals surface area contributed by atoms with Crippen LogP contribution in [0.5, 0.6) is 0 Å². The maximum Gasteiger partial charge on any atom is 0.338 e. The highest BCUT2D eigenvalue weighted by atomic mass is 16.8. The van der Waals surface area contributed by atoms with Crippen molar-refractivity contribution in [3.8, 4) is 0 Å². The molecule has 26 heavy (non-hydrogen) atoms. The van der Waals surface area contributed by atoms with Crippen LogP contribution in [0.4, 0.5) is 11.4 Å². The highest BCUT2D eigenvalue weighted by Crippen LogP contribution is 2.66. The first-order valence-corrected chi connectivity index (χ1v) is 8.34. The molecule has 144 valence electrons. The molecule has 2 unspecified atom stereocenters. The van der Waals surface area contributed by atoms with Gasteiger partial charge in [0.15, 0.2) is 0 Å². The topological polar surface area (TPSA) is 140 Å². The van der Waals surface area contributed by atoms with Crippen molar-refractivity contribution < 1.29 is 25.1 Å². The molecule has 1 aromatic carbocycles. The molecule has 0 saturated heterocycles. The van der Waals surface area contributed by atoms with Crippen LogP contribution in [0.1, 0.15) is 44.0 Å². The van der Waals surface area contributed by atoms with E-state index in [-0.39, 0.29) is 21.9 Å². The van der Waals surface area contributed by atoms with Crippen LogP contribution in [-0.2, 0) is 4.74 Å². The molecule has 0 spiro atoms. The van der Waals surface area contributed by atoms with Gasteiger partial charge in [-0.15, -0.1) is 5.23 Å². The molecular formula is C17H22N2O7-2. The lowest BCUT2D eigenvalue weighted by Crippen LogP contribution is -2.45. The van der Waals surface area contributed by atoms with Crippen molar-refractivity contribution >= 4 is 17.3 Å². The first-order valence-electron chi connectivity index (χ1n) is 8.34. The van der Waals surface area contributed by atoms with E-state index in [1.165, 1.54) is 0 Å². The standard InChI is InChI=1S/C17H22N2O7/c1-16(2)12-7-14(17(3,21)8-13(12)16)26-15(20)9-4-10(18(22)23)6-11(5-9)19(24)25/h4-6,12-14,21-23H,7-8H2,1-3H3/q-2/t12?,13?,14-,17-/m1/s1. The van der Waals surface area contributed by atoms with Crippen molar-refractivity contribution in [1.29, 1.82) is 0 Å². The lowest BCUT2D eigenvalue weighted by Gasteiger charge is -2.38. The molecule has 0 heterocycles. The normalized spacial score (nSPS) is 31.8. The second kappa shape index (κ2) is 6.07. The van der Waals surface area contributed by atoms with Crippen molar-refractivity contribution in [2.75, 3.05) is 10.5 Å². The molecule has 0 bridgehead atoms. The molecule has 3 N–H and O–H groups in total. The molecule has 0 aromatic heterocycles. The minimum absolute atomic E-state index is 0.0954. The quantitative estimate of drug-likeness (QED) is 0.541. The maximum atomic E-state index is 12.5. The number of nitrogens with zero attached hydrogens (tertiary/aromatic N) is 2. The van der Waals surface area contributed by atoms with Crippen molar-refractivity contribution in [2.24, 2.45) is 17.3 Å². The van der Waals surface area contributed by atoms with Crippen LogP contribution in [0.2, 0.25) is 0 Å². The summed E-state index contributed by atoms with van der Waals surface area (Å²) in [7, 11) is 0. The van der Waals surface area contributed by atoms with Crippen LogP contribution in [0.25, 0.3) is 0 Å². The summed E-state index contributed by atoms with van der Waals surface area (Å²) in [6.07, 6.45) is 0.300. The van der Waals surface area contributed by atoms with Gasteiger partial charge in [0.1, 0.15) is 6.10 Å². The summed E-state index contributed by atoms with van der Waals surface area (Å²) < 4.78 is 5.46. The van der Waals surface area contributed by atoms with E-state index in [2.05, 4.69) is 13.8 Å². The number of aliphatic hydroxyl groups is 1. The largest absolute Gasteiger partial charge is 0.769 e. The van der Waals surface area contributed by atoms with Crippen molar-refractivity contribution in [2.45, 2.75) is 45.3 Å². The molecule has 0 radical (unpaired) electrons. The van der Waals surface area contributed by atoms with Gasteiger partial charge in [0.05, 0.1) is 16.9 Å². The molecule has 9 heteroatoms. The second-order valence-electron chi connectivity index (χ2n) is 8.01. The fraction of sp³-hybridized carbons (Fsp3) is 0.588. The average Bonchev–Trinajstić information content (AvgIpc) is 3.05. The molecule has 2 fully saturated rings. The van der Waals surface area contributed by atoms with Crippen molar-refractivity contribution in [3.63, 3.8) is 0 Å². The Bertz CT molecular complexity index is 691. The van der Waals surface area contributed by atoms with Gasteiger partial charge in [-0.2, -0.15) is 0 Å². The minimum Gasteiger partial charge on any atom is -0.769 e. The van der Waals surface area contributed by atoms with Crippen LogP contribution in [0.3, 0.4) is 0 Å². The van der Waals surface area contributed by atoms with E-state index >= 15 is 0 Å². The average molecular weight is 366 g/mol. The van der Waals surface area contributed by atoms with E-state index in [1.54, 1.807) is 6.92 Å². The number of hydrogen-bond donors (Lipinski definition) is 3. The second-order valence-corrected chi connectivity index (χ2v) is 8.01. The van der Waals surface area contributed by atoms with Gasteiger partial charge in [-0.05, 0) is 55.2 Å². The van der Waals surface area contributed by atoms with E-state index in [4.69, 9.17) is 15.2 Å². The molecular weight excluding hydrogens is 344 g/mol. The van der Waals surface area contributed by atoms with Crippen LogP contribution in [0.15, 0.2) is 18.2 Å². The van der Waals surface area contributed by atoms with Crippen LogP contribution in [0, 0.1) is 27.7 Å². The molecule has 2 saturated carbocycles. The molecule has 0 aliphatic heterocycles. The Morgan fingerprint density at radius 1 is 1.15 bits per heavy atom. The summed E-state index contributed by atoms with van der Waals surface area (Å²) in [4.78, 5) is 12.5. The van der Waals surface area contributed by atoms with Gasteiger partial charge in [-0.3, -0.25) is 10.4 Å². The predicted molar refractivity (Wildman–Crippen MR) is 91.5 cm³/mol. The number of hydrogen-bond acceptors (Lipinski definition) is 9. The molecule has 2 aliphatic carbocycles. The number of carbonyl (C=O) groups is 1. The van der Waals surface area contributed by atoms with Gasteiger partial charge >= 0.3 is 5.97 Å². The number of ether oxygens (including phenoxy) is 1. The van der Waals surface area contributed by atoms with Gasteiger partial charge in [0, 0.05) is 5.69 Å².